The number of ether oxygens (including phenoxy) is 2. The molecule has 1 amide bonds. The number of benzene rings is 3. The van der Waals surface area contributed by atoms with Gasteiger partial charge in [0.25, 0.3) is 11.6 Å². The number of aromatic nitrogens is 3. The van der Waals surface area contributed by atoms with Crippen LogP contribution in [0.15, 0.2) is 54.6 Å². The topological polar surface area (TPSA) is 137 Å². The van der Waals surface area contributed by atoms with Crippen molar-refractivity contribution in [1.29, 1.82) is 0 Å². The molecular weight excluding hydrogens is 522 g/mol. The van der Waals surface area contributed by atoms with Gasteiger partial charge in [0.05, 0.1) is 42.2 Å². The predicted octanol–water partition coefficient (Wildman–Crippen LogP) is 3.61. The number of anilines is 2. The second-order valence-corrected chi connectivity index (χ2v) is 9.22. The SMILES string of the molecule is COc1ccc(-n2nc3cc(C)c(NC(=S)NC(=O)c4cc([N+](=O)[O-])ccc4N4CCOCC4)cc3n2)cc1. The summed E-state index contributed by atoms with van der Waals surface area (Å²) in [7, 11) is 1.60. The number of hydrogen-bond donors (Lipinski definition) is 2. The van der Waals surface area contributed by atoms with Gasteiger partial charge < -0.3 is 19.7 Å². The smallest absolute Gasteiger partial charge is 0.270 e. The van der Waals surface area contributed by atoms with Crippen LogP contribution >= 0.6 is 12.2 Å². The molecule has 0 bridgehead atoms. The molecule has 3 aromatic carbocycles. The maximum atomic E-state index is 13.2. The molecule has 2 heterocycles. The summed E-state index contributed by atoms with van der Waals surface area (Å²) in [5.74, 6) is 0.178. The van der Waals surface area contributed by atoms with Gasteiger partial charge in [0.15, 0.2) is 5.11 Å². The zero-order valence-electron chi connectivity index (χ0n) is 21.2. The summed E-state index contributed by atoms with van der Waals surface area (Å²) in [5, 5.41) is 26.2. The summed E-state index contributed by atoms with van der Waals surface area (Å²) in [5.41, 5.74) is 4.12. The number of nitro groups is 1. The Labute approximate surface area is 228 Å². The summed E-state index contributed by atoms with van der Waals surface area (Å²) in [6, 6.07) is 15.3. The highest BCUT2D eigenvalue weighted by Gasteiger charge is 2.23. The van der Waals surface area contributed by atoms with Crippen LogP contribution < -0.4 is 20.3 Å². The molecule has 0 atom stereocenters. The van der Waals surface area contributed by atoms with Gasteiger partial charge in [-0.1, -0.05) is 0 Å². The first kappa shape index (κ1) is 26.0. The number of methoxy groups -OCH3 is 1. The molecule has 5 rings (SSSR count). The molecule has 0 saturated carbocycles. The normalized spacial score (nSPS) is 13.2. The van der Waals surface area contributed by atoms with Gasteiger partial charge in [-0.15, -0.1) is 10.2 Å². The van der Waals surface area contributed by atoms with E-state index in [1.165, 1.54) is 16.9 Å². The Kier molecular flexibility index (Phi) is 7.34. The van der Waals surface area contributed by atoms with E-state index in [0.29, 0.717) is 48.7 Å². The molecule has 1 aliphatic heterocycles. The Balaban J connectivity index is 1.35. The Bertz CT molecular complexity index is 1570. The van der Waals surface area contributed by atoms with E-state index >= 15 is 0 Å². The molecule has 0 radical (unpaired) electrons. The van der Waals surface area contributed by atoms with Crippen LogP contribution in [0.4, 0.5) is 17.1 Å². The van der Waals surface area contributed by atoms with Gasteiger partial charge in [-0.05, 0) is 67.2 Å². The van der Waals surface area contributed by atoms with E-state index < -0.39 is 10.8 Å². The first-order chi connectivity index (χ1) is 18.8. The van der Waals surface area contributed by atoms with Crippen molar-refractivity contribution in [2.75, 3.05) is 43.6 Å². The third kappa shape index (κ3) is 5.63. The molecule has 1 aromatic heterocycles. The molecule has 1 aliphatic rings. The van der Waals surface area contributed by atoms with Crippen LogP contribution in [0, 0.1) is 17.0 Å². The molecule has 2 N–H and O–H groups in total. The zero-order valence-corrected chi connectivity index (χ0v) is 22.0. The minimum absolute atomic E-state index is 0.0458. The molecule has 0 aliphatic carbocycles. The van der Waals surface area contributed by atoms with Crippen molar-refractivity contribution >= 4 is 51.3 Å². The molecule has 1 fully saturated rings. The fourth-order valence-electron chi connectivity index (χ4n) is 4.26. The Morgan fingerprint density at radius 3 is 2.44 bits per heavy atom. The second-order valence-electron chi connectivity index (χ2n) is 8.81. The minimum Gasteiger partial charge on any atom is -0.497 e. The van der Waals surface area contributed by atoms with Crippen LogP contribution in [0.1, 0.15) is 15.9 Å². The number of non-ortho nitro benzene ring substituents is 1. The van der Waals surface area contributed by atoms with Crippen molar-refractivity contribution < 1.29 is 19.2 Å². The van der Waals surface area contributed by atoms with Crippen molar-refractivity contribution in [3.05, 3.63) is 75.8 Å². The number of nitrogens with zero attached hydrogens (tertiary/aromatic N) is 5. The number of thiocarbonyl (C=S) groups is 1. The third-order valence-corrected chi connectivity index (χ3v) is 6.50. The van der Waals surface area contributed by atoms with E-state index in [4.69, 9.17) is 21.7 Å². The van der Waals surface area contributed by atoms with E-state index in [2.05, 4.69) is 20.8 Å². The summed E-state index contributed by atoms with van der Waals surface area (Å²) in [6.45, 7) is 4.02. The third-order valence-electron chi connectivity index (χ3n) is 6.29. The van der Waals surface area contributed by atoms with Gasteiger partial charge in [0, 0.05) is 30.9 Å². The molecule has 200 valence electrons. The van der Waals surface area contributed by atoms with Gasteiger partial charge in [-0.25, -0.2) is 0 Å². The largest absolute Gasteiger partial charge is 0.497 e. The van der Waals surface area contributed by atoms with Crippen LogP contribution in [0.2, 0.25) is 0 Å². The second kappa shape index (κ2) is 11.0. The lowest BCUT2D eigenvalue weighted by atomic mass is 10.1. The number of amides is 1. The van der Waals surface area contributed by atoms with Gasteiger partial charge in [0.2, 0.25) is 0 Å². The Morgan fingerprint density at radius 1 is 1.08 bits per heavy atom. The number of carbonyl (C=O) groups is 1. The lowest BCUT2D eigenvalue weighted by Crippen LogP contribution is -2.39. The number of carbonyl (C=O) groups excluding carboxylic acids is 1. The maximum Gasteiger partial charge on any atom is 0.270 e. The van der Waals surface area contributed by atoms with Crippen LogP contribution in [0.3, 0.4) is 0 Å². The van der Waals surface area contributed by atoms with Gasteiger partial charge >= 0.3 is 0 Å². The molecule has 0 unspecified atom stereocenters. The van der Waals surface area contributed by atoms with Crippen molar-refractivity contribution in [2.45, 2.75) is 6.92 Å². The van der Waals surface area contributed by atoms with Crippen molar-refractivity contribution in [2.24, 2.45) is 0 Å². The van der Waals surface area contributed by atoms with E-state index in [0.717, 1.165) is 17.0 Å². The lowest BCUT2D eigenvalue weighted by molar-refractivity contribution is -0.384. The highest BCUT2D eigenvalue weighted by molar-refractivity contribution is 7.80. The average molecular weight is 548 g/mol. The lowest BCUT2D eigenvalue weighted by Gasteiger charge is -2.30. The van der Waals surface area contributed by atoms with E-state index in [9.17, 15) is 14.9 Å². The number of nitro benzene ring substituents is 1. The van der Waals surface area contributed by atoms with Crippen LogP contribution in [-0.2, 0) is 4.74 Å². The monoisotopic (exact) mass is 547 g/mol. The molecule has 13 heteroatoms. The van der Waals surface area contributed by atoms with E-state index in [1.807, 2.05) is 42.2 Å². The highest BCUT2D eigenvalue weighted by Crippen LogP contribution is 2.27. The predicted molar refractivity (Wildman–Crippen MR) is 150 cm³/mol. The van der Waals surface area contributed by atoms with E-state index in [1.54, 1.807) is 19.2 Å². The molecule has 4 aromatic rings. The van der Waals surface area contributed by atoms with Gasteiger partial charge in [-0.2, -0.15) is 4.80 Å². The Hall–Kier alpha value is -4.62. The molecule has 39 heavy (non-hydrogen) atoms. The number of morpholine rings is 1. The van der Waals surface area contributed by atoms with Gasteiger partial charge in [-0.3, -0.25) is 20.2 Å². The van der Waals surface area contributed by atoms with Crippen molar-refractivity contribution in [3.8, 4) is 11.4 Å². The molecule has 12 nitrogen and oxygen atoms in total. The standard InChI is InChI=1S/C26H25N7O5S/c1-16-13-22-23(30-32(29-22)17-3-6-19(37-2)7-4-17)15-21(16)27-26(39)28-25(34)20-14-18(33(35)36)5-8-24(20)31-9-11-38-12-10-31/h3-8,13-15H,9-12H2,1-2H3,(H2,27,28,34,39). The number of rotatable bonds is 6. The number of fused-ring (bicyclic) bond motifs is 1. The highest BCUT2D eigenvalue weighted by atomic mass is 32.1. The fourth-order valence-corrected chi connectivity index (χ4v) is 4.46. The Morgan fingerprint density at radius 2 is 1.77 bits per heavy atom. The van der Waals surface area contributed by atoms with Crippen molar-refractivity contribution in [1.82, 2.24) is 20.3 Å². The quantitative estimate of drug-likeness (QED) is 0.209. The average Bonchev–Trinajstić information content (AvgIpc) is 3.36. The molecule has 0 spiro atoms. The van der Waals surface area contributed by atoms with Crippen LogP contribution in [0.25, 0.3) is 16.7 Å². The first-order valence-corrected chi connectivity index (χ1v) is 12.5. The summed E-state index contributed by atoms with van der Waals surface area (Å²) in [6.07, 6.45) is 0. The van der Waals surface area contributed by atoms with Crippen LogP contribution in [0.5, 0.6) is 5.75 Å². The van der Waals surface area contributed by atoms with Gasteiger partial charge in [0.1, 0.15) is 16.8 Å². The summed E-state index contributed by atoms with van der Waals surface area (Å²) >= 11 is 5.42. The molecule has 1 saturated heterocycles. The number of aryl methyl sites for hydroxylation is 1. The van der Waals surface area contributed by atoms with Crippen molar-refractivity contribution in [3.63, 3.8) is 0 Å². The first-order valence-electron chi connectivity index (χ1n) is 12.1. The number of nitrogens with one attached hydrogen (secondary N) is 2. The maximum absolute atomic E-state index is 13.2. The number of hydrogen-bond acceptors (Lipinski definition) is 9. The zero-order chi connectivity index (χ0) is 27.5. The summed E-state index contributed by atoms with van der Waals surface area (Å²) in [4.78, 5) is 27.6. The fraction of sp³-hybridized carbons (Fsp3) is 0.231. The minimum atomic E-state index is -0.554. The summed E-state index contributed by atoms with van der Waals surface area (Å²) < 4.78 is 10.6. The molecular formula is C26H25N7O5S. The van der Waals surface area contributed by atoms with E-state index in [-0.39, 0.29) is 16.4 Å². The van der Waals surface area contributed by atoms with Crippen LogP contribution in [-0.4, -0.2) is 64.3 Å².